The van der Waals surface area contributed by atoms with E-state index in [4.69, 9.17) is 14.6 Å². The molecule has 0 aliphatic heterocycles. The van der Waals surface area contributed by atoms with Crippen molar-refractivity contribution < 1.29 is 19.4 Å². The fourth-order valence-corrected chi connectivity index (χ4v) is 2.76. The molecule has 0 bridgehead atoms. The van der Waals surface area contributed by atoms with Crippen LogP contribution < -0.4 is 15.4 Å². The topological polar surface area (TPSA) is 79.8 Å². The summed E-state index contributed by atoms with van der Waals surface area (Å²) in [5.74, 6) is 1.43. The second-order valence-corrected chi connectivity index (χ2v) is 7.35. The number of aliphatic hydroxyl groups excluding tert-OH is 1. The van der Waals surface area contributed by atoms with Crippen molar-refractivity contribution in [3.63, 3.8) is 0 Å². The van der Waals surface area contributed by atoms with E-state index in [0.29, 0.717) is 32.1 Å². The van der Waals surface area contributed by atoms with Crippen LogP contribution in [-0.2, 0) is 16.1 Å². The number of carbonyl (C=O) groups is 1. The molecule has 1 aromatic carbocycles. The predicted molar refractivity (Wildman–Crippen MR) is 118 cm³/mol. The Bertz CT molecular complexity index is 603. The Morgan fingerprint density at radius 1 is 1.21 bits per heavy atom. The number of methoxy groups -OCH3 is 1. The quantitative estimate of drug-likeness (QED) is 0.287. The van der Waals surface area contributed by atoms with Gasteiger partial charge in [0.2, 0.25) is 5.91 Å². The Hall–Kier alpha value is -2.05. The van der Waals surface area contributed by atoms with Crippen molar-refractivity contribution in [3.05, 3.63) is 35.9 Å². The number of benzene rings is 1. The zero-order chi connectivity index (χ0) is 21.3. The Kier molecular flexibility index (Phi) is 13.6. The Balaban J connectivity index is 2.30. The molecule has 0 saturated carbocycles. The van der Waals surface area contributed by atoms with Crippen molar-refractivity contribution in [2.75, 3.05) is 38.8 Å². The van der Waals surface area contributed by atoms with Crippen LogP contribution >= 0.6 is 0 Å². The van der Waals surface area contributed by atoms with Gasteiger partial charge in [0.15, 0.2) is 0 Å². The highest BCUT2D eigenvalue weighted by atomic mass is 16.5. The first-order chi connectivity index (χ1) is 14.1. The molecule has 0 radical (unpaired) electrons. The fraction of sp³-hybridized carbons (Fsp3) is 0.609. The fourth-order valence-electron chi connectivity index (χ4n) is 2.76. The summed E-state index contributed by atoms with van der Waals surface area (Å²) >= 11 is 0. The van der Waals surface area contributed by atoms with Gasteiger partial charge in [-0.3, -0.25) is 4.79 Å². The van der Waals surface area contributed by atoms with Crippen LogP contribution in [0.3, 0.4) is 0 Å². The molecule has 0 fully saturated rings. The zero-order valence-corrected chi connectivity index (χ0v) is 18.2. The van der Waals surface area contributed by atoms with E-state index < -0.39 is 0 Å². The number of ether oxygens (including phenoxy) is 2. The smallest absolute Gasteiger partial charge is 0.220 e. The minimum Gasteiger partial charge on any atom is -0.495 e. The van der Waals surface area contributed by atoms with Crippen LogP contribution in [0.1, 0.15) is 51.5 Å². The molecule has 3 N–H and O–H groups in total. The maximum Gasteiger partial charge on any atom is 0.220 e. The van der Waals surface area contributed by atoms with Crippen LogP contribution in [0, 0.1) is 5.92 Å². The summed E-state index contributed by atoms with van der Waals surface area (Å²) in [6, 6.07) is 5.90. The molecular weight excluding hydrogens is 368 g/mol. The summed E-state index contributed by atoms with van der Waals surface area (Å²) in [4.78, 5) is 12.0. The van der Waals surface area contributed by atoms with Gasteiger partial charge in [-0.2, -0.15) is 0 Å². The van der Waals surface area contributed by atoms with Crippen LogP contribution in [0.15, 0.2) is 30.4 Å². The maximum absolute atomic E-state index is 12.0. The summed E-state index contributed by atoms with van der Waals surface area (Å²) in [5, 5.41) is 15.0. The lowest BCUT2D eigenvalue weighted by atomic mass is 10.1. The molecule has 29 heavy (non-hydrogen) atoms. The lowest BCUT2D eigenvalue weighted by Crippen LogP contribution is -2.22. The zero-order valence-electron chi connectivity index (χ0n) is 18.2. The van der Waals surface area contributed by atoms with Crippen molar-refractivity contribution in [1.29, 1.82) is 0 Å². The van der Waals surface area contributed by atoms with Gasteiger partial charge in [0.1, 0.15) is 5.75 Å². The van der Waals surface area contributed by atoms with E-state index >= 15 is 0 Å². The monoisotopic (exact) mass is 406 g/mol. The van der Waals surface area contributed by atoms with Crippen molar-refractivity contribution in [2.45, 2.75) is 52.5 Å². The number of amides is 1. The first kappa shape index (κ1) is 25.0. The SMILES string of the molecule is COc1cc(CNC(=O)CCCC/C=C/C(C)C)ccc1NCCCOCCO. The molecule has 0 aliphatic carbocycles. The van der Waals surface area contributed by atoms with Gasteiger partial charge in [-0.15, -0.1) is 0 Å². The number of nitrogens with one attached hydrogen (secondary N) is 2. The van der Waals surface area contributed by atoms with E-state index in [1.54, 1.807) is 7.11 Å². The van der Waals surface area contributed by atoms with E-state index in [1.807, 2.05) is 18.2 Å². The van der Waals surface area contributed by atoms with Gasteiger partial charge in [-0.05, 0) is 49.3 Å². The van der Waals surface area contributed by atoms with E-state index in [0.717, 1.165) is 49.2 Å². The standard InChI is InChI=1S/C23H38N2O4/c1-19(2)9-6-4-5-7-10-23(27)25-18-20-11-12-21(22(17-20)28-3)24-13-8-15-29-16-14-26/h6,9,11-12,17,19,24,26H,4-5,7-8,10,13-16,18H2,1-3H3,(H,25,27)/b9-6+. The molecular formula is C23H38N2O4. The van der Waals surface area contributed by atoms with Crippen LogP contribution in [-0.4, -0.2) is 44.5 Å². The molecule has 6 nitrogen and oxygen atoms in total. The largest absolute Gasteiger partial charge is 0.495 e. The highest BCUT2D eigenvalue weighted by molar-refractivity contribution is 5.75. The van der Waals surface area contributed by atoms with Gasteiger partial charge in [0, 0.05) is 26.1 Å². The van der Waals surface area contributed by atoms with Gasteiger partial charge < -0.3 is 25.2 Å². The molecule has 0 atom stereocenters. The van der Waals surface area contributed by atoms with Crippen molar-refractivity contribution in [2.24, 2.45) is 5.92 Å². The molecule has 0 unspecified atom stereocenters. The van der Waals surface area contributed by atoms with E-state index in [-0.39, 0.29) is 12.5 Å². The molecule has 0 spiro atoms. The first-order valence-corrected chi connectivity index (χ1v) is 10.6. The lowest BCUT2D eigenvalue weighted by Gasteiger charge is -2.13. The van der Waals surface area contributed by atoms with E-state index in [2.05, 4.69) is 36.6 Å². The Morgan fingerprint density at radius 3 is 2.76 bits per heavy atom. The Morgan fingerprint density at radius 2 is 2.03 bits per heavy atom. The third-order valence-corrected chi connectivity index (χ3v) is 4.32. The number of rotatable bonds is 16. The average molecular weight is 407 g/mol. The molecule has 0 aliphatic rings. The van der Waals surface area contributed by atoms with Crippen LogP contribution in [0.2, 0.25) is 0 Å². The van der Waals surface area contributed by atoms with Crippen molar-refractivity contribution in [3.8, 4) is 5.75 Å². The molecule has 1 rings (SSSR count). The summed E-state index contributed by atoms with van der Waals surface area (Å²) in [6.07, 6.45) is 8.78. The Labute approximate surface area is 175 Å². The normalized spacial score (nSPS) is 11.2. The molecule has 0 saturated heterocycles. The number of hydrogen-bond acceptors (Lipinski definition) is 5. The number of unbranched alkanes of at least 4 members (excludes halogenated alkanes) is 2. The number of hydrogen-bond donors (Lipinski definition) is 3. The molecule has 0 aromatic heterocycles. The predicted octanol–water partition coefficient (Wildman–Crippen LogP) is 3.89. The highest BCUT2D eigenvalue weighted by Crippen LogP contribution is 2.25. The average Bonchev–Trinajstić information content (AvgIpc) is 2.71. The van der Waals surface area contributed by atoms with E-state index in [1.165, 1.54) is 0 Å². The first-order valence-electron chi connectivity index (χ1n) is 10.6. The molecule has 1 amide bonds. The maximum atomic E-state index is 12.0. The number of anilines is 1. The van der Waals surface area contributed by atoms with Gasteiger partial charge in [0.25, 0.3) is 0 Å². The lowest BCUT2D eigenvalue weighted by molar-refractivity contribution is -0.121. The summed E-state index contributed by atoms with van der Waals surface area (Å²) in [7, 11) is 1.64. The molecule has 0 heterocycles. The highest BCUT2D eigenvalue weighted by Gasteiger charge is 2.06. The van der Waals surface area contributed by atoms with Gasteiger partial charge in [-0.1, -0.05) is 32.1 Å². The van der Waals surface area contributed by atoms with Crippen LogP contribution in [0.5, 0.6) is 5.75 Å². The number of aliphatic hydroxyl groups is 1. The second-order valence-electron chi connectivity index (χ2n) is 7.35. The minimum atomic E-state index is 0.0505. The summed E-state index contributed by atoms with van der Waals surface area (Å²) in [6.45, 7) is 6.61. The molecule has 6 heteroatoms. The van der Waals surface area contributed by atoms with E-state index in [9.17, 15) is 4.79 Å². The number of allylic oxidation sites excluding steroid dienone is 2. The summed E-state index contributed by atoms with van der Waals surface area (Å²) in [5.41, 5.74) is 1.92. The van der Waals surface area contributed by atoms with Crippen LogP contribution in [0.25, 0.3) is 0 Å². The summed E-state index contributed by atoms with van der Waals surface area (Å²) < 4.78 is 10.7. The second kappa shape index (κ2) is 15.8. The minimum absolute atomic E-state index is 0.0505. The molecule has 164 valence electrons. The van der Waals surface area contributed by atoms with Crippen molar-refractivity contribution in [1.82, 2.24) is 5.32 Å². The van der Waals surface area contributed by atoms with Gasteiger partial charge >= 0.3 is 0 Å². The van der Waals surface area contributed by atoms with Crippen molar-refractivity contribution >= 4 is 11.6 Å². The third kappa shape index (κ3) is 12.2. The third-order valence-electron chi connectivity index (χ3n) is 4.32. The van der Waals surface area contributed by atoms with Crippen LogP contribution in [0.4, 0.5) is 5.69 Å². The van der Waals surface area contributed by atoms with Gasteiger partial charge in [-0.25, -0.2) is 0 Å². The molecule has 1 aromatic rings. The van der Waals surface area contributed by atoms with Gasteiger partial charge in [0.05, 0.1) is 26.0 Å². The number of carbonyl (C=O) groups excluding carboxylic acids is 1.